The summed E-state index contributed by atoms with van der Waals surface area (Å²) in [6.07, 6.45) is 0. The number of carbonyl (C=O) groups excluding carboxylic acids is 2. The molecule has 0 spiro atoms. The first-order valence-electron chi connectivity index (χ1n) is 10.3. The highest BCUT2D eigenvalue weighted by Crippen LogP contribution is 2.65. The van der Waals surface area contributed by atoms with E-state index in [2.05, 4.69) is 10.6 Å². The Hall–Kier alpha value is -2.29. The van der Waals surface area contributed by atoms with Crippen molar-refractivity contribution >= 4 is 86.9 Å². The number of amides is 2. The molecule has 2 atom stereocenters. The van der Waals surface area contributed by atoms with Gasteiger partial charge in [-0.05, 0) is 54.4 Å². The molecule has 3 aromatic carbocycles. The molecule has 4 N–H and O–H groups in total. The van der Waals surface area contributed by atoms with Crippen LogP contribution in [0.2, 0.25) is 15.1 Å². The van der Waals surface area contributed by atoms with Crippen LogP contribution in [0.1, 0.15) is 27.4 Å². The number of rotatable bonds is 5. The zero-order chi connectivity index (χ0) is 26.5. The van der Waals surface area contributed by atoms with Crippen molar-refractivity contribution in [2.75, 3.05) is 16.4 Å². The second-order valence-electron chi connectivity index (χ2n) is 8.23. The fraction of sp³-hybridized carbons (Fsp3) is 0.167. The van der Waals surface area contributed by atoms with E-state index in [1.54, 1.807) is 25.1 Å². The Kier molecular flexibility index (Phi) is 7.34. The lowest BCUT2D eigenvalue weighted by molar-refractivity contribution is -0.117. The minimum absolute atomic E-state index is 0.0272. The van der Waals surface area contributed by atoms with Crippen molar-refractivity contribution in [1.29, 1.82) is 0 Å². The van der Waals surface area contributed by atoms with Crippen molar-refractivity contribution in [1.82, 2.24) is 0 Å². The van der Waals surface area contributed by atoms with Gasteiger partial charge in [-0.1, -0.05) is 40.9 Å². The molecule has 12 heteroatoms. The van der Waals surface area contributed by atoms with Gasteiger partial charge in [0.25, 0.3) is 5.91 Å². The Morgan fingerprint density at radius 1 is 0.972 bits per heavy atom. The predicted molar refractivity (Wildman–Crippen MR) is 141 cm³/mol. The molecule has 0 heterocycles. The van der Waals surface area contributed by atoms with Crippen LogP contribution in [-0.4, -0.2) is 16.1 Å². The summed E-state index contributed by atoms with van der Waals surface area (Å²) in [6.45, 7) is 1.60. The molecule has 1 aliphatic rings. The summed E-state index contributed by atoms with van der Waals surface area (Å²) in [5.41, 5.74) is 5.52. The first-order valence-corrected chi connectivity index (χ1v) is 12.2. The van der Waals surface area contributed by atoms with Crippen molar-refractivity contribution in [3.63, 3.8) is 0 Å². The molecule has 0 radical (unpaired) electrons. The maximum absolute atomic E-state index is 14.3. The molecule has 188 valence electrons. The van der Waals surface area contributed by atoms with E-state index in [1.807, 2.05) is 0 Å². The Morgan fingerprint density at radius 3 is 2.33 bits per heavy atom. The zero-order valence-electron chi connectivity index (χ0n) is 18.2. The van der Waals surface area contributed by atoms with Crippen molar-refractivity contribution in [2.45, 2.75) is 17.2 Å². The summed E-state index contributed by atoms with van der Waals surface area (Å²) in [6, 6.07) is 9.59. The third kappa shape index (κ3) is 4.95. The molecule has 36 heavy (non-hydrogen) atoms. The minimum Gasteiger partial charge on any atom is -0.396 e. The molecule has 0 bridgehead atoms. The number of nitrogens with two attached hydrogens (primary N) is 1. The van der Waals surface area contributed by atoms with Crippen molar-refractivity contribution in [3.05, 3.63) is 85.9 Å². The van der Waals surface area contributed by atoms with Crippen LogP contribution in [0.15, 0.2) is 42.5 Å². The van der Waals surface area contributed by atoms with E-state index in [0.29, 0.717) is 21.2 Å². The van der Waals surface area contributed by atoms with Crippen molar-refractivity contribution in [2.24, 2.45) is 5.92 Å². The smallest absolute Gasteiger partial charge is 0.257 e. The van der Waals surface area contributed by atoms with Gasteiger partial charge in [0.2, 0.25) is 5.91 Å². The molecular weight excluding hydrogens is 578 g/mol. The number of benzene rings is 3. The van der Waals surface area contributed by atoms with Crippen LogP contribution in [0.3, 0.4) is 0 Å². The summed E-state index contributed by atoms with van der Waals surface area (Å²) in [7, 11) is 0. The molecule has 1 unspecified atom stereocenters. The van der Waals surface area contributed by atoms with Gasteiger partial charge in [-0.25, -0.2) is 8.78 Å². The molecule has 1 fully saturated rings. The molecule has 2 amide bonds. The fourth-order valence-corrected chi connectivity index (χ4v) is 5.19. The lowest BCUT2D eigenvalue weighted by Gasteiger charge is -2.13. The van der Waals surface area contributed by atoms with E-state index in [4.69, 9.17) is 63.7 Å². The van der Waals surface area contributed by atoms with Gasteiger partial charge in [0, 0.05) is 11.6 Å². The van der Waals surface area contributed by atoms with Gasteiger partial charge >= 0.3 is 0 Å². The third-order valence-corrected chi connectivity index (χ3v) is 7.95. The number of halogens is 7. The maximum Gasteiger partial charge on any atom is 0.257 e. The van der Waals surface area contributed by atoms with Crippen LogP contribution >= 0.6 is 58.0 Å². The van der Waals surface area contributed by atoms with Crippen LogP contribution in [-0.2, 0) is 4.79 Å². The number of alkyl halides is 2. The van der Waals surface area contributed by atoms with Crippen LogP contribution in [0.5, 0.6) is 0 Å². The summed E-state index contributed by atoms with van der Waals surface area (Å²) < 4.78 is 26.9. The molecule has 0 saturated heterocycles. The molecule has 0 aliphatic heterocycles. The van der Waals surface area contributed by atoms with Gasteiger partial charge in [0.05, 0.1) is 32.2 Å². The second-order valence-corrected chi connectivity index (χ2v) is 10.9. The standard InChI is InChI=1S/C24H16Cl5F2N3O2/c1-9-6-11(8-12(19(9)27)22(35)34-21-15(30)4-5-16(32)20(21)31)33-23(36)18-17(24(18,28)29)10-2-3-13(25)14(26)7-10/h2-8,17-18H,32H2,1H3,(H,33,36)(H,34,35)/t17-,18?/m0/s1. The Balaban J connectivity index is 1.57. The lowest BCUT2D eigenvalue weighted by atomic mass is 10.1. The van der Waals surface area contributed by atoms with Gasteiger partial charge in [0.15, 0.2) is 5.82 Å². The highest BCUT2D eigenvalue weighted by molar-refractivity contribution is 6.53. The molecule has 0 aromatic heterocycles. The van der Waals surface area contributed by atoms with E-state index in [-0.39, 0.29) is 22.0 Å². The highest BCUT2D eigenvalue weighted by Gasteiger charge is 2.67. The Morgan fingerprint density at radius 2 is 1.67 bits per heavy atom. The SMILES string of the molecule is Cc1cc(NC(=O)C2[C@H](c3ccc(Cl)c(Cl)c3)C2(Cl)Cl)cc(C(=O)Nc2c(F)ccc(N)c2F)c1Cl. The van der Waals surface area contributed by atoms with Crippen LogP contribution in [0.4, 0.5) is 25.8 Å². The van der Waals surface area contributed by atoms with Gasteiger partial charge < -0.3 is 16.4 Å². The largest absolute Gasteiger partial charge is 0.396 e. The van der Waals surface area contributed by atoms with Crippen molar-refractivity contribution in [3.8, 4) is 0 Å². The number of hydrogen-bond donors (Lipinski definition) is 3. The van der Waals surface area contributed by atoms with E-state index in [9.17, 15) is 18.4 Å². The minimum atomic E-state index is -1.40. The Bertz CT molecular complexity index is 1420. The van der Waals surface area contributed by atoms with E-state index >= 15 is 0 Å². The molecule has 1 aliphatic carbocycles. The van der Waals surface area contributed by atoms with E-state index in [1.165, 1.54) is 12.1 Å². The number of carbonyl (C=O) groups is 2. The summed E-state index contributed by atoms with van der Waals surface area (Å²) in [5.74, 6) is -4.95. The number of nitrogens with one attached hydrogen (secondary N) is 2. The van der Waals surface area contributed by atoms with Gasteiger partial charge in [-0.3, -0.25) is 9.59 Å². The molecule has 1 saturated carbocycles. The monoisotopic (exact) mass is 591 g/mol. The van der Waals surface area contributed by atoms with Gasteiger partial charge in [0.1, 0.15) is 15.8 Å². The topological polar surface area (TPSA) is 84.2 Å². The first-order chi connectivity index (χ1) is 16.8. The second kappa shape index (κ2) is 9.88. The fourth-order valence-electron chi connectivity index (χ4n) is 3.86. The third-order valence-electron chi connectivity index (χ3n) is 5.76. The lowest BCUT2D eigenvalue weighted by Crippen LogP contribution is -2.19. The molecule has 5 nitrogen and oxygen atoms in total. The number of anilines is 3. The number of nitrogen functional groups attached to an aromatic ring is 1. The van der Waals surface area contributed by atoms with Gasteiger partial charge in [-0.15, -0.1) is 23.2 Å². The number of aryl methyl sites for hydroxylation is 1. The maximum atomic E-state index is 14.3. The van der Waals surface area contributed by atoms with E-state index < -0.39 is 45.3 Å². The van der Waals surface area contributed by atoms with Gasteiger partial charge in [-0.2, -0.15) is 0 Å². The predicted octanol–water partition coefficient (Wildman–Crippen LogP) is 7.59. The summed E-state index contributed by atoms with van der Waals surface area (Å²) >= 11 is 31.1. The average molecular weight is 594 g/mol. The quantitative estimate of drug-likeness (QED) is 0.211. The normalized spacial score (nSPS) is 18.0. The molecule has 3 aromatic rings. The van der Waals surface area contributed by atoms with Crippen LogP contribution in [0, 0.1) is 24.5 Å². The highest BCUT2D eigenvalue weighted by atomic mass is 35.5. The molecular formula is C24H16Cl5F2N3O2. The van der Waals surface area contributed by atoms with E-state index in [0.717, 1.165) is 12.1 Å². The van der Waals surface area contributed by atoms with Crippen LogP contribution < -0.4 is 16.4 Å². The average Bonchev–Trinajstić information content (AvgIpc) is 3.39. The zero-order valence-corrected chi connectivity index (χ0v) is 22.0. The molecule has 4 rings (SSSR count). The van der Waals surface area contributed by atoms with Crippen LogP contribution in [0.25, 0.3) is 0 Å². The summed E-state index contributed by atoms with van der Waals surface area (Å²) in [4.78, 5) is 25.9. The summed E-state index contributed by atoms with van der Waals surface area (Å²) in [5, 5.41) is 5.47. The Labute approximate surface area is 229 Å². The first kappa shape index (κ1) is 26.8. The van der Waals surface area contributed by atoms with Crippen molar-refractivity contribution < 1.29 is 18.4 Å². The number of hydrogen-bond acceptors (Lipinski definition) is 3.